The number of nitrogens with zero attached hydrogens (tertiary/aromatic N) is 3. The van der Waals surface area contributed by atoms with Gasteiger partial charge in [-0.2, -0.15) is 0 Å². The van der Waals surface area contributed by atoms with Gasteiger partial charge < -0.3 is 14.8 Å². The number of amides is 1. The highest BCUT2D eigenvalue weighted by Gasteiger charge is 2.24. The molecule has 0 fully saturated rings. The van der Waals surface area contributed by atoms with Crippen LogP contribution in [0.2, 0.25) is 0 Å². The Morgan fingerprint density at radius 1 is 1.03 bits per heavy atom. The smallest absolute Gasteiger partial charge is 0.289 e. The topological polar surface area (TPSA) is 162 Å². The van der Waals surface area contributed by atoms with Gasteiger partial charge in [-0.15, -0.1) is 0 Å². The maximum Gasteiger partial charge on any atom is 0.289 e. The molecule has 11 nitrogen and oxygen atoms in total. The van der Waals surface area contributed by atoms with Crippen LogP contribution in [0.3, 0.4) is 0 Å². The highest BCUT2D eigenvalue weighted by atomic mass is 16.6. The van der Waals surface area contributed by atoms with Gasteiger partial charge in [0.25, 0.3) is 17.3 Å². The van der Waals surface area contributed by atoms with E-state index in [4.69, 9.17) is 4.42 Å². The number of oxazole rings is 1. The van der Waals surface area contributed by atoms with Crippen LogP contribution in [0.4, 0.5) is 17.1 Å². The fourth-order valence-electron chi connectivity index (χ4n) is 3.45. The van der Waals surface area contributed by atoms with Gasteiger partial charge >= 0.3 is 0 Å². The van der Waals surface area contributed by atoms with E-state index in [1.807, 2.05) is 26.0 Å². The molecule has 3 aromatic carbocycles. The van der Waals surface area contributed by atoms with Crippen LogP contribution < -0.4 is 5.32 Å². The highest BCUT2D eigenvalue weighted by Crippen LogP contribution is 2.35. The Bertz CT molecular complexity index is 1460. The molecule has 4 aromatic rings. The van der Waals surface area contributed by atoms with Crippen molar-refractivity contribution in [1.82, 2.24) is 4.98 Å². The van der Waals surface area contributed by atoms with E-state index in [-0.39, 0.29) is 28.5 Å². The van der Waals surface area contributed by atoms with E-state index in [1.165, 1.54) is 18.2 Å². The molecule has 0 saturated carbocycles. The first-order valence-electron chi connectivity index (χ1n) is 9.59. The van der Waals surface area contributed by atoms with Crippen molar-refractivity contribution in [1.29, 1.82) is 0 Å². The highest BCUT2D eigenvalue weighted by molar-refractivity contribution is 6.07. The second-order valence-electron chi connectivity index (χ2n) is 7.35. The number of anilines is 1. The van der Waals surface area contributed by atoms with Crippen molar-refractivity contribution in [2.45, 2.75) is 13.8 Å². The number of aromatic nitrogens is 1. The fraction of sp³-hybridized carbons (Fsp3) is 0.0909. The monoisotopic (exact) mass is 448 g/mol. The van der Waals surface area contributed by atoms with Crippen LogP contribution in [0.25, 0.3) is 22.6 Å². The van der Waals surface area contributed by atoms with E-state index in [9.17, 15) is 30.1 Å². The minimum absolute atomic E-state index is 0.133. The van der Waals surface area contributed by atoms with E-state index in [1.54, 1.807) is 0 Å². The molecular weight excluding hydrogens is 432 g/mol. The molecule has 0 radical (unpaired) electrons. The first-order valence-corrected chi connectivity index (χ1v) is 9.59. The van der Waals surface area contributed by atoms with E-state index in [2.05, 4.69) is 10.3 Å². The summed E-state index contributed by atoms with van der Waals surface area (Å²) in [5.74, 6) is -0.860. The standard InChI is InChI=1S/C22H16N4O7/c1-11-7-12(2)20-17(8-11)24-22(33-20)16-9-13(3-6-19(16)27)23-21(28)15-5-4-14(25(29)30)10-18(15)26(31)32/h3-10,27H,1-2H3,(H,23,28). The molecule has 0 unspecified atom stereocenters. The van der Waals surface area contributed by atoms with Gasteiger partial charge in [-0.1, -0.05) is 6.07 Å². The fourth-order valence-corrected chi connectivity index (χ4v) is 3.45. The van der Waals surface area contributed by atoms with Gasteiger partial charge in [0.05, 0.1) is 21.5 Å². The average molecular weight is 448 g/mol. The summed E-state index contributed by atoms with van der Waals surface area (Å²) in [7, 11) is 0. The molecule has 1 heterocycles. The Hall–Kier alpha value is -4.80. The lowest BCUT2D eigenvalue weighted by molar-refractivity contribution is -0.394. The van der Waals surface area contributed by atoms with Crippen molar-refractivity contribution in [3.63, 3.8) is 0 Å². The lowest BCUT2D eigenvalue weighted by Gasteiger charge is -2.08. The minimum atomic E-state index is -0.868. The van der Waals surface area contributed by atoms with Crippen molar-refractivity contribution in [2.24, 2.45) is 0 Å². The van der Waals surface area contributed by atoms with Crippen LogP contribution in [-0.4, -0.2) is 25.8 Å². The number of fused-ring (bicyclic) bond motifs is 1. The number of aryl methyl sites for hydroxylation is 2. The second kappa shape index (κ2) is 8.04. The number of nitro benzene ring substituents is 2. The van der Waals surface area contributed by atoms with Gasteiger partial charge in [0.1, 0.15) is 16.8 Å². The first kappa shape index (κ1) is 21.4. The lowest BCUT2D eigenvalue weighted by atomic mass is 10.1. The summed E-state index contributed by atoms with van der Waals surface area (Å²) in [5.41, 5.74) is 1.89. The Morgan fingerprint density at radius 2 is 1.79 bits per heavy atom. The number of hydrogen-bond acceptors (Lipinski definition) is 8. The zero-order valence-corrected chi connectivity index (χ0v) is 17.4. The molecule has 11 heteroatoms. The zero-order valence-electron chi connectivity index (χ0n) is 17.4. The molecule has 33 heavy (non-hydrogen) atoms. The Kier molecular flexibility index (Phi) is 5.22. The average Bonchev–Trinajstić information content (AvgIpc) is 3.18. The number of hydrogen-bond donors (Lipinski definition) is 2. The first-order chi connectivity index (χ1) is 15.6. The number of benzene rings is 3. The normalized spacial score (nSPS) is 10.8. The summed E-state index contributed by atoms with van der Waals surface area (Å²) in [4.78, 5) is 37.7. The zero-order chi connectivity index (χ0) is 23.9. The van der Waals surface area contributed by atoms with Gasteiger partial charge in [0.2, 0.25) is 5.89 Å². The van der Waals surface area contributed by atoms with E-state index in [0.29, 0.717) is 11.1 Å². The third-order valence-corrected chi connectivity index (χ3v) is 4.94. The number of carbonyl (C=O) groups excluding carboxylic acids is 1. The number of phenolic OH excluding ortho intramolecular Hbond substituents is 1. The van der Waals surface area contributed by atoms with Crippen molar-refractivity contribution in [2.75, 3.05) is 5.32 Å². The molecule has 0 saturated heterocycles. The van der Waals surface area contributed by atoms with Crippen molar-refractivity contribution in [3.05, 3.63) is 85.4 Å². The molecule has 0 spiro atoms. The molecular formula is C22H16N4O7. The van der Waals surface area contributed by atoms with Crippen molar-refractivity contribution in [3.8, 4) is 17.2 Å². The number of rotatable bonds is 5. The summed E-state index contributed by atoms with van der Waals surface area (Å²) in [6.45, 7) is 3.80. The molecule has 166 valence electrons. The Morgan fingerprint density at radius 3 is 2.48 bits per heavy atom. The quantitative estimate of drug-likeness (QED) is 0.248. The number of nitro groups is 2. The van der Waals surface area contributed by atoms with Crippen LogP contribution in [0.5, 0.6) is 5.75 Å². The largest absolute Gasteiger partial charge is 0.507 e. The molecule has 0 aliphatic rings. The van der Waals surface area contributed by atoms with Crippen molar-refractivity contribution >= 4 is 34.1 Å². The van der Waals surface area contributed by atoms with E-state index >= 15 is 0 Å². The molecule has 2 N–H and O–H groups in total. The SMILES string of the molecule is Cc1cc(C)c2oc(-c3cc(NC(=O)c4ccc([N+](=O)[O-])cc4[N+](=O)[O-])ccc3O)nc2c1. The number of nitrogens with one attached hydrogen (secondary N) is 1. The Labute approximate surface area is 185 Å². The summed E-state index contributed by atoms with van der Waals surface area (Å²) in [6.07, 6.45) is 0. The third kappa shape index (κ3) is 4.06. The van der Waals surface area contributed by atoms with E-state index < -0.39 is 27.1 Å². The van der Waals surface area contributed by atoms with Gasteiger partial charge in [0.15, 0.2) is 5.58 Å². The van der Waals surface area contributed by atoms with Gasteiger partial charge in [-0.25, -0.2) is 4.98 Å². The molecule has 0 atom stereocenters. The molecule has 1 aromatic heterocycles. The number of phenols is 1. The van der Waals surface area contributed by atoms with Crippen LogP contribution in [0.1, 0.15) is 21.5 Å². The summed E-state index contributed by atoms with van der Waals surface area (Å²) in [6, 6.07) is 10.6. The maximum absolute atomic E-state index is 12.7. The number of aromatic hydroxyl groups is 1. The molecule has 1 amide bonds. The summed E-state index contributed by atoms with van der Waals surface area (Å²) < 4.78 is 5.81. The molecule has 4 rings (SSSR count). The van der Waals surface area contributed by atoms with Gasteiger partial charge in [-0.3, -0.25) is 25.0 Å². The van der Waals surface area contributed by atoms with Gasteiger partial charge in [-0.05, 0) is 55.3 Å². The van der Waals surface area contributed by atoms with Crippen LogP contribution >= 0.6 is 0 Å². The minimum Gasteiger partial charge on any atom is -0.507 e. The third-order valence-electron chi connectivity index (χ3n) is 4.94. The summed E-state index contributed by atoms with van der Waals surface area (Å²) >= 11 is 0. The predicted molar refractivity (Wildman–Crippen MR) is 118 cm³/mol. The lowest BCUT2D eigenvalue weighted by Crippen LogP contribution is -2.14. The number of carbonyl (C=O) groups is 1. The maximum atomic E-state index is 12.7. The van der Waals surface area contributed by atoms with E-state index in [0.717, 1.165) is 29.3 Å². The van der Waals surface area contributed by atoms with Gasteiger partial charge in [0, 0.05) is 11.8 Å². The molecule has 0 bridgehead atoms. The van der Waals surface area contributed by atoms with Crippen LogP contribution in [0, 0.1) is 34.1 Å². The Balaban J connectivity index is 1.69. The summed E-state index contributed by atoms with van der Waals surface area (Å²) in [5, 5.41) is 35.0. The number of non-ortho nitro benzene ring substituents is 1. The van der Waals surface area contributed by atoms with Crippen LogP contribution in [0.15, 0.2) is 52.9 Å². The molecule has 0 aliphatic heterocycles. The second-order valence-corrected chi connectivity index (χ2v) is 7.35. The molecule has 0 aliphatic carbocycles. The predicted octanol–water partition coefficient (Wildman–Crippen LogP) is 4.89. The van der Waals surface area contributed by atoms with Crippen molar-refractivity contribution < 1.29 is 24.2 Å². The van der Waals surface area contributed by atoms with Crippen LogP contribution in [-0.2, 0) is 0 Å².